The van der Waals surface area contributed by atoms with E-state index in [0.717, 1.165) is 25.7 Å². The number of fused-ring (bicyclic) bond motifs is 3. The molecule has 3 aliphatic rings. The molecule has 5 heteroatoms. The molecule has 0 radical (unpaired) electrons. The van der Waals surface area contributed by atoms with E-state index < -0.39 is 30.3 Å². The fourth-order valence-electron chi connectivity index (χ4n) is 6.21. The van der Waals surface area contributed by atoms with Crippen molar-refractivity contribution in [1.82, 2.24) is 0 Å². The molecule has 0 spiro atoms. The standard InChI is InChI=1S/C20H34O5/c1-18-8-7-17(24)19(2,10-21)16(18)6-3-13-9-14(4-5-15(13)18)20(25,11-22)12-23/h3,14-17,21-25H,4-12H2,1-2H3/t14-,15-,16+,17-,18+,19+/m1/s1. The first-order valence-corrected chi connectivity index (χ1v) is 9.67. The molecule has 3 aliphatic carbocycles. The van der Waals surface area contributed by atoms with Crippen molar-refractivity contribution in [3.05, 3.63) is 11.6 Å². The first-order chi connectivity index (χ1) is 11.7. The Bertz CT molecular complexity index is 528. The fraction of sp³-hybridized carbons (Fsp3) is 0.900. The fourth-order valence-corrected chi connectivity index (χ4v) is 6.21. The first-order valence-electron chi connectivity index (χ1n) is 9.67. The van der Waals surface area contributed by atoms with Crippen LogP contribution in [0.5, 0.6) is 0 Å². The molecule has 144 valence electrons. The summed E-state index contributed by atoms with van der Waals surface area (Å²) < 4.78 is 0. The van der Waals surface area contributed by atoms with Crippen LogP contribution in [0.1, 0.15) is 52.4 Å². The Morgan fingerprint density at radius 3 is 2.40 bits per heavy atom. The van der Waals surface area contributed by atoms with Crippen molar-refractivity contribution in [2.24, 2.45) is 28.6 Å². The van der Waals surface area contributed by atoms with Gasteiger partial charge in [0.05, 0.1) is 25.9 Å². The van der Waals surface area contributed by atoms with Crippen molar-refractivity contribution in [1.29, 1.82) is 0 Å². The van der Waals surface area contributed by atoms with Crippen LogP contribution in [0.3, 0.4) is 0 Å². The number of aliphatic hydroxyl groups is 5. The third kappa shape index (κ3) is 2.79. The quantitative estimate of drug-likeness (QED) is 0.489. The van der Waals surface area contributed by atoms with Crippen molar-refractivity contribution in [3.63, 3.8) is 0 Å². The number of rotatable bonds is 4. The molecule has 25 heavy (non-hydrogen) atoms. The lowest BCUT2D eigenvalue weighted by Crippen LogP contribution is -2.58. The summed E-state index contributed by atoms with van der Waals surface area (Å²) in [6.07, 6.45) is 6.69. The second-order valence-corrected chi connectivity index (χ2v) is 9.24. The molecule has 3 rings (SSSR count). The maximum absolute atomic E-state index is 10.5. The molecular formula is C20H34O5. The average molecular weight is 354 g/mol. The molecule has 0 aromatic carbocycles. The Balaban J connectivity index is 1.88. The topological polar surface area (TPSA) is 101 Å². The summed E-state index contributed by atoms with van der Waals surface area (Å²) >= 11 is 0. The van der Waals surface area contributed by atoms with Gasteiger partial charge in [0, 0.05) is 5.41 Å². The van der Waals surface area contributed by atoms with Crippen LogP contribution >= 0.6 is 0 Å². The third-order valence-corrected chi connectivity index (χ3v) is 8.10. The number of allylic oxidation sites excluding steroid dienone is 2. The van der Waals surface area contributed by atoms with Crippen LogP contribution in [-0.2, 0) is 0 Å². The number of aliphatic hydroxyl groups excluding tert-OH is 4. The summed E-state index contributed by atoms with van der Waals surface area (Å²) in [5.74, 6) is 0.514. The van der Waals surface area contributed by atoms with E-state index in [1.807, 2.05) is 6.92 Å². The first kappa shape index (κ1) is 19.3. The van der Waals surface area contributed by atoms with Gasteiger partial charge in [0.25, 0.3) is 0 Å². The summed E-state index contributed by atoms with van der Waals surface area (Å²) in [6, 6.07) is 0. The summed E-state index contributed by atoms with van der Waals surface area (Å²) in [5.41, 5.74) is -0.510. The van der Waals surface area contributed by atoms with Gasteiger partial charge in [-0.2, -0.15) is 0 Å². The minimum Gasteiger partial charge on any atom is -0.396 e. The molecule has 5 nitrogen and oxygen atoms in total. The van der Waals surface area contributed by atoms with E-state index in [4.69, 9.17) is 0 Å². The molecular weight excluding hydrogens is 320 g/mol. The van der Waals surface area contributed by atoms with Crippen LogP contribution in [0.25, 0.3) is 0 Å². The molecule has 0 saturated heterocycles. The molecule has 2 fully saturated rings. The van der Waals surface area contributed by atoms with Crippen LogP contribution in [0.4, 0.5) is 0 Å². The van der Waals surface area contributed by atoms with Crippen LogP contribution in [-0.4, -0.2) is 57.1 Å². The molecule has 5 N–H and O–H groups in total. The van der Waals surface area contributed by atoms with Gasteiger partial charge in [0.15, 0.2) is 0 Å². The normalized spacial score (nSPS) is 44.7. The number of hydrogen-bond acceptors (Lipinski definition) is 5. The highest BCUT2D eigenvalue weighted by molar-refractivity contribution is 5.24. The second kappa shape index (κ2) is 6.61. The van der Waals surface area contributed by atoms with Crippen LogP contribution in [0.15, 0.2) is 11.6 Å². The van der Waals surface area contributed by atoms with Gasteiger partial charge in [-0.3, -0.25) is 0 Å². The van der Waals surface area contributed by atoms with Crippen LogP contribution in [0, 0.1) is 28.6 Å². The largest absolute Gasteiger partial charge is 0.396 e. The average Bonchev–Trinajstić information content (AvgIpc) is 2.64. The second-order valence-electron chi connectivity index (χ2n) is 9.24. The molecule has 0 unspecified atom stereocenters. The van der Waals surface area contributed by atoms with Crippen LogP contribution in [0.2, 0.25) is 0 Å². The molecule has 0 aliphatic heterocycles. The summed E-state index contributed by atoms with van der Waals surface area (Å²) in [5, 5.41) is 50.1. The molecule has 6 atom stereocenters. The van der Waals surface area contributed by atoms with Crippen molar-refractivity contribution < 1.29 is 25.5 Å². The monoisotopic (exact) mass is 354 g/mol. The van der Waals surface area contributed by atoms with E-state index in [1.165, 1.54) is 5.57 Å². The van der Waals surface area contributed by atoms with Gasteiger partial charge in [0.1, 0.15) is 5.60 Å². The van der Waals surface area contributed by atoms with Gasteiger partial charge in [-0.25, -0.2) is 0 Å². The Morgan fingerprint density at radius 2 is 1.80 bits per heavy atom. The highest BCUT2D eigenvalue weighted by Crippen LogP contribution is 2.62. The van der Waals surface area contributed by atoms with Crippen molar-refractivity contribution in [2.75, 3.05) is 19.8 Å². The Hall–Kier alpha value is -0.460. The van der Waals surface area contributed by atoms with E-state index in [9.17, 15) is 25.5 Å². The van der Waals surface area contributed by atoms with Crippen molar-refractivity contribution in [2.45, 2.75) is 64.1 Å². The van der Waals surface area contributed by atoms with Crippen LogP contribution < -0.4 is 0 Å². The zero-order valence-corrected chi connectivity index (χ0v) is 15.5. The van der Waals surface area contributed by atoms with Gasteiger partial charge in [0.2, 0.25) is 0 Å². The number of hydrogen-bond donors (Lipinski definition) is 5. The summed E-state index contributed by atoms with van der Waals surface area (Å²) in [4.78, 5) is 0. The van der Waals surface area contributed by atoms with Gasteiger partial charge in [-0.1, -0.05) is 25.5 Å². The molecule has 0 amide bonds. The van der Waals surface area contributed by atoms with Gasteiger partial charge >= 0.3 is 0 Å². The van der Waals surface area contributed by atoms with E-state index in [2.05, 4.69) is 13.0 Å². The van der Waals surface area contributed by atoms with E-state index >= 15 is 0 Å². The van der Waals surface area contributed by atoms with Crippen molar-refractivity contribution in [3.8, 4) is 0 Å². The minimum absolute atomic E-state index is 0.00170. The maximum Gasteiger partial charge on any atom is 0.114 e. The Labute approximate surface area is 150 Å². The Kier molecular flexibility index (Phi) is 5.10. The van der Waals surface area contributed by atoms with Gasteiger partial charge in [-0.05, 0) is 61.7 Å². The van der Waals surface area contributed by atoms with E-state index in [0.29, 0.717) is 18.8 Å². The van der Waals surface area contributed by atoms with E-state index in [-0.39, 0.29) is 23.9 Å². The molecule has 0 aromatic heterocycles. The third-order valence-electron chi connectivity index (χ3n) is 8.10. The summed E-state index contributed by atoms with van der Waals surface area (Å²) in [6.45, 7) is 3.49. The maximum atomic E-state index is 10.5. The highest BCUT2D eigenvalue weighted by Gasteiger charge is 2.58. The lowest BCUT2D eigenvalue weighted by atomic mass is 9.45. The lowest BCUT2D eigenvalue weighted by molar-refractivity contribution is -0.152. The molecule has 0 aromatic rings. The van der Waals surface area contributed by atoms with Crippen molar-refractivity contribution >= 4 is 0 Å². The highest BCUT2D eigenvalue weighted by atomic mass is 16.4. The smallest absolute Gasteiger partial charge is 0.114 e. The zero-order chi connectivity index (χ0) is 18.5. The predicted molar refractivity (Wildman–Crippen MR) is 94.7 cm³/mol. The summed E-state index contributed by atoms with van der Waals surface area (Å²) in [7, 11) is 0. The SMILES string of the molecule is C[C@]1(CO)[C@H]2CC=C3C[C@H](C(O)(CO)CO)CC[C@H]3[C@]2(C)CC[C@H]1O. The minimum atomic E-state index is -1.41. The predicted octanol–water partition coefficient (Wildman–Crippen LogP) is 1.22. The van der Waals surface area contributed by atoms with Gasteiger partial charge < -0.3 is 25.5 Å². The lowest BCUT2D eigenvalue weighted by Gasteiger charge is -2.60. The van der Waals surface area contributed by atoms with Gasteiger partial charge in [-0.15, -0.1) is 0 Å². The Morgan fingerprint density at radius 1 is 1.12 bits per heavy atom. The molecule has 0 bridgehead atoms. The zero-order valence-electron chi connectivity index (χ0n) is 15.5. The van der Waals surface area contributed by atoms with E-state index in [1.54, 1.807) is 0 Å². The molecule has 0 heterocycles. The molecule has 2 saturated carbocycles.